The zero-order valence-electron chi connectivity index (χ0n) is 10.5. The molecule has 0 aliphatic rings. The van der Waals surface area contributed by atoms with E-state index in [2.05, 4.69) is 15.1 Å². The molecule has 2 heterocycles. The SMILES string of the molecule is Nc1ncc(Cl)c(-c2cnn(-c3ccc(Cl)cc3Cl)c2)n1. The lowest BCUT2D eigenvalue weighted by molar-refractivity contribution is 0.881. The molecule has 1 aromatic carbocycles. The Morgan fingerprint density at radius 2 is 1.86 bits per heavy atom. The van der Waals surface area contributed by atoms with Crippen LogP contribution in [0.1, 0.15) is 0 Å². The Labute approximate surface area is 135 Å². The summed E-state index contributed by atoms with van der Waals surface area (Å²) in [7, 11) is 0. The van der Waals surface area contributed by atoms with Crippen molar-refractivity contribution in [2.24, 2.45) is 0 Å². The third-order valence-corrected chi connectivity index (χ3v) is 3.59. The van der Waals surface area contributed by atoms with Crippen LogP contribution >= 0.6 is 34.8 Å². The predicted octanol–water partition coefficient (Wildman–Crippen LogP) is 3.87. The van der Waals surface area contributed by atoms with E-state index in [1.54, 1.807) is 35.3 Å². The van der Waals surface area contributed by atoms with Crippen molar-refractivity contribution in [3.05, 3.63) is 51.9 Å². The van der Waals surface area contributed by atoms with Crippen molar-refractivity contribution < 1.29 is 0 Å². The number of rotatable bonds is 2. The molecule has 0 spiro atoms. The molecule has 5 nitrogen and oxygen atoms in total. The quantitative estimate of drug-likeness (QED) is 0.769. The molecule has 0 radical (unpaired) electrons. The van der Waals surface area contributed by atoms with Crippen molar-refractivity contribution in [1.29, 1.82) is 0 Å². The van der Waals surface area contributed by atoms with Gasteiger partial charge in [-0.2, -0.15) is 5.10 Å². The number of halogens is 3. The van der Waals surface area contributed by atoms with Crippen molar-refractivity contribution >= 4 is 40.8 Å². The van der Waals surface area contributed by atoms with Crippen LogP contribution in [-0.4, -0.2) is 19.7 Å². The zero-order valence-corrected chi connectivity index (χ0v) is 12.7. The summed E-state index contributed by atoms with van der Waals surface area (Å²) in [5.41, 5.74) is 7.50. The maximum absolute atomic E-state index is 6.16. The van der Waals surface area contributed by atoms with Gasteiger partial charge < -0.3 is 5.73 Å². The van der Waals surface area contributed by atoms with E-state index in [-0.39, 0.29) is 5.95 Å². The average Bonchev–Trinajstić information content (AvgIpc) is 2.91. The van der Waals surface area contributed by atoms with Crippen LogP contribution in [0, 0.1) is 0 Å². The highest BCUT2D eigenvalue weighted by Gasteiger charge is 2.11. The second kappa shape index (κ2) is 5.52. The Bertz CT molecular complexity index is 815. The van der Waals surface area contributed by atoms with Gasteiger partial charge in [0, 0.05) is 16.8 Å². The molecule has 3 rings (SSSR count). The van der Waals surface area contributed by atoms with Crippen LogP contribution in [0.15, 0.2) is 36.8 Å². The van der Waals surface area contributed by atoms with Gasteiger partial charge in [-0.1, -0.05) is 34.8 Å². The van der Waals surface area contributed by atoms with Crippen LogP contribution in [0.5, 0.6) is 0 Å². The van der Waals surface area contributed by atoms with Crippen LogP contribution < -0.4 is 5.73 Å². The summed E-state index contributed by atoms with van der Waals surface area (Å²) >= 11 is 18.1. The molecule has 21 heavy (non-hydrogen) atoms. The van der Waals surface area contributed by atoms with Gasteiger partial charge in [0.1, 0.15) is 0 Å². The van der Waals surface area contributed by atoms with Crippen LogP contribution in [-0.2, 0) is 0 Å². The van der Waals surface area contributed by atoms with Gasteiger partial charge in [-0.25, -0.2) is 14.6 Å². The van der Waals surface area contributed by atoms with Crippen LogP contribution in [0.3, 0.4) is 0 Å². The molecule has 0 saturated carbocycles. The molecule has 0 bridgehead atoms. The monoisotopic (exact) mass is 339 g/mol. The first-order chi connectivity index (χ1) is 10.0. The topological polar surface area (TPSA) is 69.6 Å². The molecule has 0 atom stereocenters. The fourth-order valence-electron chi connectivity index (χ4n) is 1.83. The molecule has 0 fully saturated rings. The summed E-state index contributed by atoms with van der Waals surface area (Å²) in [5.74, 6) is 0.145. The summed E-state index contributed by atoms with van der Waals surface area (Å²) < 4.78 is 1.61. The van der Waals surface area contributed by atoms with E-state index < -0.39 is 0 Å². The fraction of sp³-hybridized carbons (Fsp3) is 0. The summed E-state index contributed by atoms with van der Waals surface area (Å²) in [4.78, 5) is 7.94. The predicted molar refractivity (Wildman–Crippen MR) is 84.0 cm³/mol. The molecule has 8 heteroatoms. The summed E-state index contributed by atoms with van der Waals surface area (Å²) in [6.07, 6.45) is 4.83. The van der Waals surface area contributed by atoms with Crippen LogP contribution in [0.25, 0.3) is 16.9 Å². The van der Waals surface area contributed by atoms with Gasteiger partial charge in [0.05, 0.1) is 33.8 Å². The molecule has 0 aliphatic heterocycles. The molecule has 3 aromatic rings. The minimum absolute atomic E-state index is 0.145. The van der Waals surface area contributed by atoms with Gasteiger partial charge in [-0.05, 0) is 18.2 Å². The Morgan fingerprint density at radius 3 is 2.62 bits per heavy atom. The maximum Gasteiger partial charge on any atom is 0.220 e. The summed E-state index contributed by atoms with van der Waals surface area (Å²) in [6.45, 7) is 0. The van der Waals surface area contributed by atoms with Crippen LogP contribution in [0.4, 0.5) is 5.95 Å². The number of aromatic nitrogens is 4. The number of nitrogens with zero attached hydrogens (tertiary/aromatic N) is 4. The minimum Gasteiger partial charge on any atom is -0.368 e. The first-order valence-electron chi connectivity index (χ1n) is 5.83. The van der Waals surface area contributed by atoms with Crippen LogP contribution in [0.2, 0.25) is 15.1 Å². The van der Waals surface area contributed by atoms with E-state index in [4.69, 9.17) is 40.5 Å². The lowest BCUT2D eigenvalue weighted by atomic mass is 10.2. The first-order valence-corrected chi connectivity index (χ1v) is 6.96. The average molecular weight is 341 g/mol. The Kier molecular flexibility index (Phi) is 3.71. The largest absolute Gasteiger partial charge is 0.368 e. The molecule has 0 amide bonds. The summed E-state index contributed by atoms with van der Waals surface area (Å²) in [5, 5.41) is 5.70. The van der Waals surface area contributed by atoms with Crippen molar-refractivity contribution in [1.82, 2.24) is 19.7 Å². The van der Waals surface area contributed by atoms with E-state index in [1.165, 1.54) is 6.20 Å². The smallest absolute Gasteiger partial charge is 0.220 e. The molecule has 2 N–H and O–H groups in total. The van der Waals surface area contributed by atoms with Gasteiger partial charge in [-0.15, -0.1) is 0 Å². The minimum atomic E-state index is 0.145. The van der Waals surface area contributed by atoms with Crippen molar-refractivity contribution in [2.45, 2.75) is 0 Å². The second-order valence-electron chi connectivity index (χ2n) is 4.19. The third kappa shape index (κ3) is 2.81. The Balaban J connectivity index is 2.06. The Hall–Kier alpha value is -1.82. The highest BCUT2D eigenvalue weighted by Crippen LogP contribution is 2.28. The highest BCUT2D eigenvalue weighted by atomic mass is 35.5. The van der Waals surface area contributed by atoms with Gasteiger partial charge >= 0.3 is 0 Å². The molecule has 0 aliphatic carbocycles. The first kappa shape index (κ1) is 14.1. The maximum atomic E-state index is 6.16. The van der Waals surface area contributed by atoms with E-state index >= 15 is 0 Å². The number of nitrogens with two attached hydrogens (primary N) is 1. The lowest BCUT2D eigenvalue weighted by Crippen LogP contribution is -1.96. The number of anilines is 1. The standard InChI is InChI=1S/C13H8Cl3N5/c14-8-1-2-11(9(15)3-8)21-6-7(4-19-21)12-10(16)5-18-13(17)20-12/h1-6H,(H2,17,18,20). The van der Waals surface area contributed by atoms with E-state index in [1.807, 2.05) is 0 Å². The van der Waals surface area contributed by atoms with Crippen molar-refractivity contribution in [3.63, 3.8) is 0 Å². The van der Waals surface area contributed by atoms with E-state index in [0.717, 1.165) is 0 Å². The normalized spacial score (nSPS) is 10.8. The Morgan fingerprint density at radius 1 is 1.05 bits per heavy atom. The lowest BCUT2D eigenvalue weighted by Gasteiger charge is -2.04. The van der Waals surface area contributed by atoms with Crippen molar-refractivity contribution in [2.75, 3.05) is 5.73 Å². The molecule has 106 valence electrons. The highest BCUT2D eigenvalue weighted by molar-refractivity contribution is 6.35. The van der Waals surface area contributed by atoms with Gasteiger partial charge in [-0.3, -0.25) is 0 Å². The van der Waals surface area contributed by atoms with Gasteiger partial charge in [0.2, 0.25) is 5.95 Å². The van der Waals surface area contributed by atoms with Gasteiger partial charge in [0.25, 0.3) is 0 Å². The molecule has 2 aromatic heterocycles. The fourth-order valence-corrected chi connectivity index (χ4v) is 2.52. The van der Waals surface area contributed by atoms with Gasteiger partial charge in [0.15, 0.2) is 0 Å². The number of benzene rings is 1. The summed E-state index contributed by atoms with van der Waals surface area (Å²) in [6, 6.07) is 5.16. The zero-order chi connectivity index (χ0) is 15.0. The van der Waals surface area contributed by atoms with E-state index in [0.29, 0.717) is 32.0 Å². The number of hydrogen-bond donors (Lipinski definition) is 1. The second-order valence-corrected chi connectivity index (χ2v) is 5.44. The van der Waals surface area contributed by atoms with E-state index in [9.17, 15) is 0 Å². The number of nitrogen functional groups attached to an aromatic ring is 1. The van der Waals surface area contributed by atoms with Crippen molar-refractivity contribution in [3.8, 4) is 16.9 Å². The molecular formula is C13H8Cl3N5. The molecule has 0 saturated heterocycles. The molecule has 0 unspecified atom stereocenters. The third-order valence-electron chi connectivity index (χ3n) is 2.78. The number of hydrogen-bond acceptors (Lipinski definition) is 4. The molecular weight excluding hydrogens is 333 g/mol.